The topological polar surface area (TPSA) is 60.0 Å². The standard InChI is InChI=1S/C14H19N5.2ClH/c15-14-9-18(6-7-19-11-16-10-17-19)8-13(14)12-4-2-1-3-5-12;;/h1-5,10-11,13-14H,6-9,15H2;2*1H/t13-,14+;;/m0../s1. The summed E-state index contributed by atoms with van der Waals surface area (Å²) in [5, 5.41) is 4.12. The Bertz CT molecular complexity index is 505. The summed E-state index contributed by atoms with van der Waals surface area (Å²) in [5.74, 6) is 0.442. The predicted octanol–water partition coefficient (Wildman–Crippen LogP) is 1.55. The van der Waals surface area contributed by atoms with E-state index >= 15 is 0 Å². The van der Waals surface area contributed by atoms with E-state index in [1.807, 2.05) is 10.7 Å². The van der Waals surface area contributed by atoms with Gasteiger partial charge in [0.25, 0.3) is 0 Å². The van der Waals surface area contributed by atoms with E-state index in [0.717, 1.165) is 26.2 Å². The largest absolute Gasteiger partial charge is 0.326 e. The Labute approximate surface area is 137 Å². The summed E-state index contributed by atoms with van der Waals surface area (Å²) >= 11 is 0. The van der Waals surface area contributed by atoms with Crippen LogP contribution < -0.4 is 5.73 Å². The molecule has 1 aromatic heterocycles. The van der Waals surface area contributed by atoms with E-state index in [-0.39, 0.29) is 30.9 Å². The van der Waals surface area contributed by atoms with Crippen molar-refractivity contribution in [2.75, 3.05) is 19.6 Å². The molecule has 0 unspecified atom stereocenters. The van der Waals surface area contributed by atoms with Gasteiger partial charge in [-0.1, -0.05) is 30.3 Å². The lowest BCUT2D eigenvalue weighted by Gasteiger charge is -2.15. The molecule has 2 heterocycles. The summed E-state index contributed by atoms with van der Waals surface area (Å²) in [6.45, 7) is 3.82. The zero-order valence-electron chi connectivity index (χ0n) is 11.7. The third-order valence-corrected chi connectivity index (χ3v) is 3.78. The SMILES string of the molecule is Cl.Cl.N[C@@H]1CN(CCn2cncn2)C[C@H]1c1ccccc1. The zero-order valence-corrected chi connectivity index (χ0v) is 13.3. The van der Waals surface area contributed by atoms with Crippen LogP contribution in [-0.4, -0.2) is 45.3 Å². The normalized spacial score (nSPS) is 21.6. The molecule has 5 nitrogen and oxygen atoms in total. The minimum Gasteiger partial charge on any atom is -0.326 e. The summed E-state index contributed by atoms with van der Waals surface area (Å²) in [6.07, 6.45) is 3.33. The highest BCUT2D eigenvalue weighted by molar-refractivity contribution is 5.85. The van der Waals surface area contributed by atoms with Crippen LogP contribution in [0.2, 0.25) is 0 Å². The second-order valence-electron chi connectivity index (χ2n) is 5.10. The molecule has 116 valence electrons. The number of nitrogens with two attached hydrogens (primary N) is 1. The van der Waals surface area contributed by atoms with Crippen LogP contribution in [0.15, 0.2) is 43.0 Å². The van der Waals surface area contributed by atoms with E-state index in [4.69, 9.17) is 5.73 Å². The number of hydrogen-bond acceptors (Lipinski definition) is 4. The molecule has 1 saturated heterocycles. The molecule has 1 aliphatic heterocycles. The number of nitrogens with zero attached hydrogens (tertiary/aromatic N) is 4. The van der Waals surface area contributed by atoms with Crippen LogP contribution in [0, 0.1) is 0 Å². The Morgan fingerprint density at radius 2 is 1.86 bits per heavy atom. The highest BCUT2D eigenvalue weighted by Crippen LogP contribution is 2.25. The fraction of sp³-hybridized carbons (Fsp3) is 0.429. The molecule has 2 atom stereocenters. The molecule has 0 saturated carbocycles. The Kier molecular flexibility index (Phi) is 7.11. The average molecular weight is 330 g/mol. The van der Waals surface area contributed by atoms with Crippen LogP contribution >= 0.6 is 24.8 Å². The lowest BCUT2D eigenvalue weighted by atomic mass is 9.95. The summed E-state index contributed by atoms with van der Waals surface area (Å²) in [7, 11) is 0. The number of benzene rings is 1. The highest BCUT2D eigenvalue weighted by atomic mass is 35.5. The van der Waals surface area contributed by atoms with Gasteiger partial charge < -0.3 is 5.73 Å². The minimum atomic E-state index is 0. The van der Waals surface area contributed by atoms with Crippen molar-refractivity contribution in [3.05, 3.63) is 48.5 Å². The van der Waals surface area contributed by atoms with Crippen LogP contribution in [0.3, 0.4) is 0 Å². The van der Waals surface area contributed by atoms with Crippen molar-refractivity contribution in [1.29, 1.82) is 0 Å². The molecule has 0 spiro atoms. The third kappa shape index (κ3) is 4.41. The second-order valence-corrected chi connectivity index (χ2v) is 5.10. The van der Waals surface area contributed by atoms with Crippen molar-refractivity contribution in [2.24, 2.45) is 5.73 Å². The van der Waals surface area contributed by atoms with E-state index in [1.165, 1.54) is 5.56 Å². The number of aromatic nitrogens is 3. The van der Waals surface area contributed by atoms with Gasteiger partial charge in [-0.25, -0.2) is 4.98 Å². The maximum absolute atomic E-state index is 6.27. The van der Waals surface area contributed by atoms with Crippen LogP contribution in [0.5, 0.6) is 0 Å². The molecule has 0 radical (unpaired) electrons. The van der Waals surface area contributed by atoms with Gasteiger partial charge >= 0.3 is 0 Å². The van der Waals surface area contributed by atoms with Crippen molar-refractivity contribution >= 4 is 24.8 Å². The molecule has 3 rings (SSSR count). The summed E-state index contributed by atoms with van der Waals surface area (Å²) in [5.41, 5.74) is 7.62. The predicted molar refractivity (Wildman–Crippen MR) is 88.1 cm³/mol. The molecule has 21 heavy (non-hydrogen) atoms. The number of likely N-dealkylation sites (tertiary alicyclic amines) is 1. The third-order valence-electron chi connectivity index (χ3n) is 3.78. The van der Waals surface area contributed by atoms with Gasteiger partial charge in [0, 0.05) is 31.6 Å². The van der Waals surface area contributed by atoms with Gasteiger partial charge in [-0.05, 0) is 5.56 Å². The fourth-order valence-corrected chi connectivity index (χ4v) is 2.74. The van der Waals surface area contributed by atoms with Gasteiger partial charge in [0.2, 0.25) is 0 Å². The minimum absolute atomic E-state index is 0. The molecule has 1 aliphatic rings. The van der Waals surface area contributed by atoms with E-state index in [9.17, 15) is 0 Å². The van der Waals surface area contributed by atoms with Crippen LogP contribution in [-0.2, 0) is 6.54 Å². The lowest BCUT2D eigenvalue weighted by Crippen LogP contribution is -2.30. The average Bonchev–Trinajstić information content (AvgIpc) is 3.07. The zero-order chi connectivity index (χ0) is 13.1. The molecule has 1 fully saturated rings. The van der Waals surface area contributed by atoms with Crippen molar-refractivity contribution in [2.45, 2.75) is 18.5 Å². The van der Waals surface area contributed by atoms with Gasteiger partial charge in [0.1, 0.15) is 12.7 Å². The molecule has 2 N–H and O–H groups in total. The quantitative estimate of drug-likeness (QED) is 0.924. The van der Waals surface area contributed by atoms with Crippen LogP contribution in [0.25, 0.3) is 0 Å². The summed E-state index contributed by atoms with van der Waals surface area (Å²) in [4.78, 5) is 6.36. The van der Waals surface area contributed by atoms with Crippen molar-refractivity contribution in [1.82, 2.24) is 19.7 Å². The maximum Gasteiger partial charge on any atom is 0.137 e. The first-order valence-electron chi connectivity index (χ1n) is 6.68. The molecule has 1 aromatic carbocycles. The Balaban J connectivity index is 0.00000110. The summed E-state index contributed by atoms with van der Waals surface area (Å²) in [6, 6.07) is 10.8. The van der Waals surface area contributed by atoms with Crippen molar-refractivity contribution in [3.63, 3.8) is 0 Å². The molecule has 0 aliphatic carbocycles. The molecular formula is C14H21Cl2N5. The first kappa shape index (κ1) is 17.9. The van der Waals surface area contributed by atoms with E-state index < -0.39 is 0 Å². The van der Waals surface area contributed by atoms with Gasteiger partial charge in [0.05, 0.1) is 6.54 Å². The van der Waals surface area contributed by atoms with Gasteiger partial charge in [-0.3, -0.25) is 9.58 Å². The molecule has 7 heteroatoms. The van der Waals surface area contributed by atoms with Crippen LogP contribution in [0.4, 0.5) is 0 Å². The summed E-state index contributed by atoms with van der Waals surface area (Å²) < 4.78 is 1.86. The van der Waals surface area contributed by atoms with Crippen LogP contribution in [0.1, 0.15) is 11.5 Å². The molecular weight excluding hydrogens is 309 g/mol. The highest BCUT2D eigenvalue weighted by Gasteiger charge is 2.30. The van der Waals surface area contributed by atoms with Gasteiger partial charge in [-0.15, -0.1) is 24.8 Å². The smallest absolute Gasteiger partial charge is 0.137 e. The number of rotatable bonds is 4. The number of halogens is 2. The first-order valence-corrected chi connectivity index (χ1v) is 6.68. The van der Waals surface area contributed by atoms with Crippen molar-refractivity contribution in [3.8, 4) is 0 Å². The van der Waals surface area contributed by atoms with Gasteiger partial charge in [0.15, 0.2) is 0 Å². The lowest BCUT2D eigenvalue weighted by molar-refractivity contribution is 0.309. The molecule has 0 amide bonds. The Hall–Kier alpha value is -1.14. The Morgan fingerprint density at radius 3 is 2.52 bits per heavy atom. The second kappa shape index (κ2) is 8.34. The first-order chi connectivity index (χ1) is 9.33. The fourth-order valence-electron chi connectivity index (χ4n) is 2.74. The van der Waals surface area contributed by atoms with Crippen molar-refractivity contribution < 1.29 is 0 Å². The van der Waals surface area contributed by atoms with Gasteiger partial charge in [-0.2, -0.15) is 5.10 Å². The van der Waals surface area contributed by atoms with E-state index in [1.54, 1.807) is 12.7 Å². The molecule has 2 aromatic rings. The Morgan fingerprint density at radius 1 is 1.10 bits per heavy atom. The maximum atomic E-state index is 6.27. The monoisotopic (exact) mass is 329 g/mol. The number of hydrogen-bond donors (Lipinski definition) is 1. The van der Waals surface area contributed by atoms with E-state index in [0.29, 0.717) is 5.92 Å². The molecule has 0 bridgehead atoms. The van der Waals surface area contributed by atoms with E-state index in [2.05, 4.69) is 39.2 Å².